The van der Waals surface area contributed by atoms with Crippen molar-refractivity contribution in [3.05, 3.63) is 77.7 Å². The Balaban J connectivity index is 1.27. The van der Waals surface area contributed by atoms with Crippen LogP contribution in [-0.4, -0.2) is 29.7 Å². The average Bonchev–Trinajstić information content (AvgIpc) is 3.42. The lowest BCUT2D eigenvalue weighted by atomic mass is 10.1. The Hall–Kier alpha value is -4.33. The number of carbonyl (C=O) groups excluding carboxylic acids is 2. The Morgan fingerprint density at radius 1 is 0.972 bits per heavy atom. The molecule has 1 fully saturated rings. The number of fused-ring (bicyclic) bond motifs is 1. The number of alkyl carbamates (subject to hydrolysis) is 1. The number of hydrogen-bond acceptors (Lipinski definition) is 7. The van der Waals surface area contributed by atoms with Gasteiger partial charge in [-0.1, -0.05) is 36.4 Å². The van der Waals surface area contributed by atoms with Crippen LogP contribution in [0, 0.1) is 6.92 Å². The predicted molar refractivity (Wildman–Crippen MR) is 133 cm³/mol. The third-order valence-corrected chi connectivity index (χ3v) is 6.02. The number of aryl methyl sites for hydroxylation is 2. The number of cyclic esters (lactones) is 1. The Bertz CT molecular complexity index is 1430. The number of imide groups is 1. The van der Waals surface area contributed by atoms with E-state index in [1.165, 1.54) is 0 Å². The van der Waals surface area contributed by atoms with Gasteiger partial charge in [-0.2, -0.15) is 0 Å². The molecule has 2 heterocycles. The van der Waals surface area contributed by atoms with Crippen molar-refractivity contribution in [2.75, 3.05) is 6.61 Å². The first-order valence-corrected chi connectivity index (χ1v) is 11.9. The van der Waals surface area contributed by atoms with E-state index in [1.807, 2.05) is 50.2 Å². The van der Waals surface area contributed by atoms with Gasteiger partial charge in [0.05, 0.1) is 6.61 Å². The highest BCUT2D eigenvalue weighted by Crippen LogP contribution is 2.31. The number of rotatable bonds is 9. The van der Waals surface area contributed by atoms with E-state index in [-0.39, 0.29) is 6.61 Å². The molecule has 3 aromatic carbocycles. The van der Waals surface area contributed by atoms with Crippen LogP contribution in [-0.2, 0) is 22.6 Å². The topological polar surface area (TPSA) is 99.9 Å². The maximum atomic E-state index is 11.7. The summed E-state index contributed by atoms with van der Waals surface area (Å²) in [7, 11) is 0. The van der Waals surface area contributed by atoms with Crippen molar-refractivity contribution in [2.45, 2.75) is 39.4 Å². The number of benzene rings is 3. The van der Waals surface area contributed by atoms with Gasteiger partial charge in [0, 0.05) is 5.56 Å². The lowest BCUT2D eigenvalue weighted by Gasteiger charge is -2.13. The van der Waals surface area contributed by atoms with E-state index in [0.717, 1.165) is 21.9 Å². The molecule has 36 heavy (non-hydrogen) atoms. The molecule has 1 N–H and O–H groups in total. The van der Waals surface area contributed by atoms with Crippen molar-refractivity contribution in [3.63, 3.8) is 0 Å². The van der Waals surface area contributed by atoms with Crippen molar-refractivity contribution >= 4 is 22.8 Å². The van der Waals surface area contributed by atoms with Crippen LogP contribution in [0.1, 0.15) is 30.4 Å². The van der Waals surface area contributed by atoms with Crippen molar-refractivity contribution in [1.29, 1.82) is 0 Å². The SMILES string of the molecule is CCOc1cc(CCC2OC(=O)NC2=O)ccc1OCc1nc(-c2ccc3ccccc3c2)oc1C. The van der Waals surface area contributed by atoms with Crippen LogP contribution in [0.2, 0.25) is 0 Å². The maximum Gasteiger partial charge on any atom is 0.414 e. The van der Waals surface area contributed by atoms with Gasteiger partial charge in [0.2, 0.25) is 5.89 Å². The second kappa shape index (κ2) is 10.1. The summed E-state index contributed by atoms with van der Waals surface area (Å²) in [5, 5.41) is 4.42. The number of amides is 2. The lowest BCUT2D eigenvalue weighted by Crippen LogP contribution is -2.24. The van der Waals surface area contributed by atoms with Gasteiger partial charge in [-0.15, -0.1) is 0 Å². The number of oxazole rings is 1. The van der Waals surface area contributed by atoms with Gasteiger partial charge in [0.15, 0.2) is 17.6 Å². The van der Waals surface area contributed by atoms with Crippen LogP contribution in [0.5, 0.6) is 11.5 Å². The molecule has 5 rings (SSSR count). The average molecular weight is 487 g/mol. The number of hydrogen-bond donors (Lipinski definition) is 1. The summed E-state index contributed by atoms with van der Waals surface area (Å²) in [6, 6.07) is 19.9. The van der Waals surface area contributed by atoms with Gasteiger partial charge in [-0.05, 0) is 67.3 Å². The molecule has 8 heteroatoms. The summed E-state index contributed by atoms with van der Waals surface area (Å²) >= 11 is 0. The van der Waals surface area contributed by atoms with Crippen molar-refractivity contribution in [3.8, 4) is 23.0 Å². The summed E-state index contributed by atoms with van der Waals surface area (Å²) in [6.45, 7) is 4.46. The van der Waals surface area contributed by atoms with Crippen molar-refractivity contribution in [2.24, 2.45) is 0 Å². The first-order chi connectivity index (χ1) is 17.5. The zero-order chi connectivity index (χ0) is 25.1. The Kier molecular flexibility index (Phi) is 6.58. The normalized spacial score (nSPS) is 15.1. The highest BCUT2D eigenvalue weighted by molar-refractivity contribution is 5.99. The second-order valence-corrected chi connectivity index (χ2v) is 8.51. The van der Waals surface area contributed by atoms with E-state index in [9.17, 15) is 9.59 Å². The van der Waals surface area contributed by atoms with E-state index in [0.29, 0.717) is 48.3 Å². The van der Waals surface area contributed by atoms with Gasteiger partial charge in [0.25, 0.3) is 5.91 Å². The molecule has 2 amide bonds. The van der Waals surface area contributed by atoms with Crippen LogP contribution in [0.3, 0.4) is 0 Å². The summed E-state index contributed by atoms with van der Waals surface area (Å²) in [5.74, 6) is 2.01. The molecule has 0 bridgehead atoms. The number of nitrogens with one attached hydrogen (secondary N) is 1. The Labute approximate surface area is 208 Å². The minimum Gasteiger partial charge on any atom is -0.490 e. The minimum atomic E-state index is -0.768. The largest absolute Gasteiger partial charge is 0.490 e. The quantitative estimate of drug-likeness (QED) is 0.340. The number of ether oxygens (including phenoxy) is 3. The van der Waals surface area contributed by atoms with E-state index in [4.69, 9.17) is 18.6 Å². The molecule has 1 aliphatic rings. The van der Waals surface area contributed by atoms with Gasteiger partial charge in [-0.3, -0.25) is 10.1 Å². The molecular weight excluding hydrogens is 460 g/mol. The predicted octanol–water partition coefficient (Wildman–Crippen LogP) is 5.35. The van der Waals surface area contributed by atoms with Crippen LogP contribution >= 0.6 is 0 Å². The summed E-state index contributed by atoms with van der Waals surface area (Å²) in [6.07, 6.45) is -0.533. The molecule has 0 aliphatic carbocycles. The van der Waals surface area contributed by atoms with Gasteiger partial charge >= 0.3 is 6.09 Å². The zero-order valence-electron chi connectivity index (χ0n) is 20.1. The fraction of sp³-hybridized carbons (Fsp3) is 0.250. The van der Waals surface area contributed by atoms with E-state index in [2.05, 4.69) is 34.6 Å². The fourth-order valence-electron chi connectivity index (χ4n) is 4.13. The molecule has 1 aliphatic heterocycles. The number of carbonyl (C=O) groups is 2. The molecule has 8 nitrogen and oxygen atoms in total. The molecule has 4 aromatic rings. The molecule has 0 saturated carbocycles. The molecule has 1 saturated heterocycles. The van der Waals surface area contributed by atoms with Crippen LogP contribution in [0.4, 0.5) is 4.79 Å². The Morgan fingerprint density at radius 3 is 2.58 bits per heavy atom. The molecule has 0 radical (unpaired) electrons. The monoisotopic (exact) mass is 486 g/mol. The zero-order valence-corrected chi connectivity index (χ0v) is 20.1. The van der Waals surface area contributed by atoms with E-state index >= 15 is 0 Å². The second-order valence-electron chi connectivity index (χ2n) is 8.51. The van der Waals surface area contributed by atoms with Crippen LogP contribution in [0.15, 0.2) is 65.1 Å². The third kappa shape index (κ3) is 5.02. The number of nitrogens with zero attached hydrogens (tertiary/aromatic N) is 1. The summed E-state index contributed by atoms with van der Waals surface area (Å²) in [4.78, 5) is 27.6. The van der Waals surface area contributed by atoms with Crippen molar-refractivity contribution in [1.82, 2.24) is 10.3 Å². The fourth-order valence-corrected chi connectivity index (χ4v) is 4.13. The van der Waals surface area contributed by atoms with Gasteiger partial charge in [0.1, 0.15) is 18.1 Å². The molecule has 1 atom stereocenters. The maximum absolute atomic E-state index is 11.7. The molecule has 1 unspecified atom stereocenters. The Morgan fingerprint density at radius 2 is 1.81 bits per heavy atom. The molecule has 1 aromatic heterocycles. The third-order valence-electron chi connectivity index (χ3n) is 6.02. The summed E-state index contributed by atoms with van der Waals surface area (Å²) in [5.41, 5.74) is 2.56. The van der Waals surface area contributed by atoms with Crippen LogP contribution < -0.4 is 14.8 Å². The first-order valence-electron chi connectivity index (χ1n) is 11.9. The van der Waals surface area contributed by atoms with E-state index < -0.39 is 18.1 Å². The molecule has 184 valence electrons. The smallest absolute Gasteiger partial charge is 0.414 e. The highest BCUT2D eigenvalue weighted by atomic mass is 16.6. The molecular formula is C28H26N2O6. The lowest BCUT2D eigenvalue weighted by molar-refractivity contribution is -0.123. The van der Waals surface area contributed by atoms with Crippen molar-refractivity contribution < 1.29 is 28.2 Å². The van der Waals surface area contributed by atoms with E-state index in [1.54, 1.807) is 0 Å². The van der Waals surface area contributed by atoms with Gasteiger partial charge < -0.3 is 18.6 Å². The minimum absolute atomic E-state index is 0.223. The van der Waals surface area contributed by atoms with Gasteiger partial charge in [-0.25, -0.2) is 9.78 Å². The molecule has 0 spiro atoms. The summed E-state index contributed by atoms with van der Waals surface area (Å²) < 4.78 is 22.8. The standard InChI is InChI=1S/C28H26N2O6/c1-3-33-25-14-18(9-13-24-26(31)30-28(32)36-24)8-12-23(25)34-16-22-17(2)35-27(29-22)21-11-10-19-6-4-5-7-20(19)15-21/h4-8,10-12,14-15,24H,3,9,13,16H2,1-2H3,(H,30,31,32). The first kappa shape index (κ1) is 23.4. The highest BCUT2D eigenvalue weighted by Gasteiger charge is 2.31. The number of aromatic nitrogens is 1. The van der Waals surface area contributed by atoms with Crippen LogP contribution in [0.25, 0.3) is 22.2 Å².